The summed E-state index contributed by atoms with van der Waals surface area (Å²) in [5.74, 6) is 0.221. The van der Waals surface area contributed by atoms with Gasteiger partial charge >= 0.3 is 5.97 Å². The minimum Gasteiger partial charge on any atom is -0.480 e. The first-order valence-corrected chi connectivity index (χ1v) is 7.42. The lowest BCUT2D eigenvalue weighted by Gasteiger charge is -2.31. The first kappa shape index (κ1) is 12.9. The largest absolute Gasteiger partial charge is 0.480 e. The van der Waals surface area contributed by atoms with Crippen LogP contribution < -0.4 is 5.32 Å². The molecule has 5 heteroatoms. The highest BCUT2D eigenvalue weighted by atomic mass is 16.4. The lowest BCUT2D eigenvalue weighted by atomic mass is 9.94. The first-order valence-electron chi connectivity index (χ1n) is 7.42. The Kier molecular flexibility index (Phi) is 3.48. The molecule has 0 bridgehead atoms. The molecule has 0 spiro atoms. The van der Waals surface area contributed by atoms with Gasteiger partial charge in [0.1, 0.15) is 6.04 Å². The van der Waals surface area contributed by atoms with Crippen LogP contribution in [0.1, 0.15) is 38.5 Å². The number of hydrogen-bond acceptors (Lipinski definition) is 3. The normalized spacial score (nSPS) is 39.7. The van der Waals surface area contributed by atoms with E-state index in [1.165, 1.54) is 0 Å². The number of amides is 1. The van der Waals surface area contributed by atoms with Crippen LogP contribution in [0.3, 0.4) is 0 Å². The third-order valence-electron chi connectivity index (χ3n) is 5.11. The summed E-state index contributed by atoms with van der Waals surface area (Å²) < 4.78 is 0. The van der Waals surface area contributed by atoms with E-state index in [9.17, 15) is 14.7 Å². The van der Waals surface area contributed by atoms with E-state index in [2.05, 4.69) is 10.2 Å². The third-order valence-corrected chi connectivity index (χ3v) is 5.11. The summed E-state index contributed by atoms with van der Waals surface area (Å²) in [5.41, 5.74) is 0. The van der Waals surface area contributed by atoms with E-state index in [1.54, 1.807) is 0 Å². The summed E-state index contributed by atoms with van der Waals surface area (Å²) >= 11 is 0. The van der Waals surface area contributed by atoms with Crippen LogP contribution >= 0.6 is 0 Å². The highest BCUT2D eigenvalue weighted by molar-refractivity contribution is 5.77. The number of rotatable bonds is 2. The number of nitrogens with one attached hydrogen (secondary N) is 1. The molecular formula is C14H22N2O3. The lowest BCUT2D eigenvalue weighted by molar-refractivity contribution is -0.145. The number of fused-ring (bicyclic) bond motifs is 1. The standard InChI is InChI=1S/C14H22N2O3/c17-12-7-10(4-2-6-15-12)16-8-9-3-1-5-11(9)13(16)14(18)19/h9-11,13H,1-8H2,(H,15,17)(H,18,19). The molecule has 5 nitrogen and oxygen atoms in total. The van der Waals surface area contributed by atoms with Crippen molar-refractivity contribution < 1.29 is 14.7 Å². The van der Waals surface area contributed by atoms with Crippen LogP contribution in [0.2, 0.25) is 0 Å². The summed E-state index contributed by atoms with van der Waals surface area (Å²) in [6.07, 6.45) is 5.71. The Hall–Kier alpha value is -1.10. The van der Waals surface area contributed by atoms with E-state index in [4.69, 9.17) is 0 Å². The predicted octanol–water partition coefficient (Wildman–Crippen LogP) is 0.840. The highest BCUT2D eigenvalue weighted by Gasteiger charge is 2.49. The average Bonchev–Trinajstić information content (AvgIpc) is 2.85. The SMILES string of the molecule is O=C1CC(N2CC3CCCC3C2C(=O)O)CCCN1. The maximum Gasteiger partial charge on any atom is 0.321 e. The van der Waals surface area contributed by atoms with E-state index in [1.807, 2.05) is 0 Å². The number of carbonyl (C=O) groups excluding carboxylic acids is 1. The molecule has 0 aromatic carbocycles. The minimum atomic E-state index is -0.695. The second-order valence-electron chi connectivity index (χ2n) is 6.18. The Bertz CT molecular complexity index is 385. The van der Waals surface area contributed by atoms with Gasteiger partial charge in [0.25, 0.3) is 0 Å². The van der Waals surface area contributed by atoms with E-state index in [-0.39, 0.29) is 18.0 Å². The molecule has 2 saturated heterocycles. The molecule has 1 aliphatic carbocycles. The van der Waals surface area contributed by atoms with Crippen LogP contribution in [-0.4, -0.2) is 47.1 Å². The summed E-state index contributed by atoms with van der Waals surface area (Å²) in [6.45, 7) is 1.60. The summed E-state index contributed by atoms with van der Waals surface area (Å²) in [4.78, 5) is 25.4. The third kappa shape index (κ3) is 2.36. The second kappa shape index (κ2) is 5.12. The number of aliphatic carboxylic acids is 1. The molecule has 3 rings (SSSR count). The van der Waals surface area contributed by atoms with E-state index in [0.717, 1.165) is 45.2 Å². The molecule has 1 saturated carbocycles. The first-order chi connectivity index (χ1) is 9.16. The number of carboxylic acid groups (broad SMARTS) is 1. The molecule has 0 radical (unpaired) electrons. The zero-order chi connectivity index (χ0) is 13.4. The van der Waals surface area contributed by atoms with Gasteiger partial charge < -0.3 is 10.4 Å². The van der Waals surface area contributed by atoms with Gasteiger partial charge in [-0.25, -0.2) is 0 Å². The van der Waals surface area contributed by atoms with Crippen LogP contribution in [0.4, 0.5) is 0 Å². The molecule has 19 heavy (non-hydrogen) atoms. The molecule has 4 unspecified atom stereocenters. The minimum absolute atomic E-state index is 0.0729. The van der Waals surface area contributed by atoms with Crippen molar-refractivity contribution >= 4 is 11.9 Å². The topological polar surface area (TPSA) is 69.6 Å². The summed E-state index contributed by atoms with van der Waals surface area (Å²) in [5, 5.41) is 12.4. The quantitative estimate of drug-likeness (QED) is 0.777. The van der Waals surface area contributed by atoms with Crippen molar-refractivity contribution in [2.24, 2.45) is 11.8 Å². The Balaban J connectivity index is 1.78. The van der Waals surface area contributed by atoms with Gasteiger partial charge in [-0.05, 0) is 37.5 Å². The molecule has 0 aromatic rings. The number of carbonyl (C=O) groups is 2. The second-order valence-corrected chi connectivity index (χ2v) is 6.18. The van der Waals surface area contributed by atoms with Gasteiger partial charge in [-0.3, -0.25) is 14.5 Å². The molecule has 2 aliphatic heterocycles. The van der Waals surface area contributed by atoms with Crippen LogP contribution in [0, 0.1) is 11.8 Å². The van der Waals surface area contributed by atoms with Crippen molar-refractivity contribution in [3.63, 3.8) is 0 Å². The number of nitrogens with zero attached hydrogens (tertiary/aromatic N) is 1. The van der Waals surface area contributed by atoms with Gasteiger partial charge in [0.05, 0.1) is 0 Å². The predicted molar refractivity (Wildman–Crippen MR) is 69.6 cm³/mol. The van der Waals surface area contributed by atoms with Crippen LogP contribution in [-0.2, 0) is 9.59 Å². The van der Waals surface area contributed by atoms with E-state index >= 15 is 0 Å². The Morgan fingerprint density at radius 2 is 2.11 bits per heavy atom. The van der Waals surface area contributed by atoms with E-state index in [0.29, 0.717) is 18.3 Å². The Morgan fingerprint density at radius 3 is 2.89 bits per heavy atom. The van der Waals surface area contributed by atoms with Crippen molar-refractivity contribution in [1.29, 1.82) is 0 Å². The number of carboxylic acids is 1. The van der Waals surface area contributed by atoms with Gasteiger partial charge in [-0.15, -0.1) is 0 Å². The fraction of sp³-hybridized carbons (Fsp3) is 0.857. The average molecular weight is 266 g/mol. The highest BCUT2D eigenvalue weighted by Crippen LogP contribution is 2.43. The number of likely N-dealkylation sites (tertiary alicyclic amines) is 1. The summed E-state index contributed by atoms with van der Waals surface area (Å²) in [7, 11) is 0. The van der Waals surface area contributed by atoms with Crippen LogP contribution in [0.15, 0.2) is 0 Å². The molecule has 1 amide bonds. The molecule has 0 aromatic heterocycles. The van der Waals surface area contributed by atoms with Gasteiger partial charge in [-0.1, -0.05) is 6.42 Å². The van der Waals surface area contributed by atoms with Gasteiger partial charge in [0.15, 0.2) is 0 Å². The maximum absolute atomic E-state index is 11.7. The van der Waals surface area contributed by atoms with Gasteiger partial charge in [0.2, 0.25) is 5.91 Å². The fourth-order valence-corrected chi connectivity index (χ4v) is 4.28. The zero-order valence-electron chi connectivity index (χ0n) is 11.2. The number of hydrogen-bond donors (Lipinski definition) is 2. The van der Waals surface area contributed by atoms with Crippen molar-refractivity contribution in [3.8, 4) is 0 Å². The van der Waals surface area contributed by atoms with Crippen molar-refractivity contribution in [1.82, 2.24) is 10.2 Å². The molecule has 2 heterocycles. The Labute approximate surface area is 113 Å². The zero-order valence-corrected chi connectivity index (χ0v) is 11.2. The lowest BCUT2D eigenvalue weighted by Crippen LogP contribution is -2.46. The smallest absolute Gasteiger partial charge is 0.321 e. The molecule has 3 aliphatic rings. The maximum atomic E-state index is 11.7. The van der Waals surface area contributed by atoms with Gasteiger partial charge in [-0.2, -0.15) is 0 Å². The monoisotopic (exact) mass is 266 g/mol. The van der Waals surface area contributed by atoms with Crippen molar-refractivity contribution in [2.75, 3.05) is 13.1 Å². The molecular weight excluding hydrogens is 244 g/mol. The molecule has 106 valence electrons. The summed E-state index contributed by atoms with van der Waals surface area (Å²) in [6, 6.07) is -0.238. The molecule has 2 N–H and O–H groups in total. The van der Waals surface area contributed by atoms with E-state index < -0.39 is 5.97 Å². The molecule has 3 fully saturated rings. The van der Waals surface area contributed by atoms with Crippen LogP contribution in [0.25, 0.3) is 0 Å². The van der Waals surface area contributed by atoms with Crippen LogP contribution in [0.5, 0.6) is 0 Å². The molecule has 4 atom stereocenters. The van der Waals surface area contributed by atoms with Crippen molar-refractivity contribution in [3.05, 3.63) is 0 Å². The fourth-order valence-electron chi connectivity index (χ4n) is 4.28. The van der Waals surface area contributed by atoms with Gasteiger partial charge in [0, 0.05) is 25.6 Å². The van der Waals surface area contributed by atoms with Crippen molar-refractivity contribution in [2.45, 2.75) is 50.6 Å². The Morgan fingerprint density at radius 1 is 1.26 bits per heavy atom.